The predicted molar refractivity (Wildman–Crippen MR) is 72.1 cm³/mol. The maximum Gasteiger partial charge on any atom is 0.340 e. The third kappa shape index (κ3) is 2.96. The first kappa shape index (κ1) is 13.6. The van der Waals surface area contributed by atoms with E-state index in [-0.39, 0.29) is 5.54 Å². The maximum absolute atomic E-state index is 11.8. The number of aromatic nitrogens is 1. The Labute approximate surface area is 112 Å². The molecule has 0 radical (unpaired) electrons. The van der Waals surface area contributed by atoms with Gasteiger partial charge >= 0.3 is 5.97 Å². The fraction of sp³-hybridized carbons (Fsp3) is 0.538. The minimum absolute atomic E-state index is 0.200. The van der Waals surface area contributed by atoms with Gasteiger partial charge in [0.15, 0.2) is 5.82 Å². The quantitative estimate of drug-likeness (QED) is 0.801. The predicted octanol–water partition coefficient (Wildman–Crippen LogP) is 1.43. The van der Waals surface area contributed by atoms with Gasteiger partial charge in [-0.1, -0.05) is 0 Å². The summed E-state index contributed by atoms with van der Waals surface area (Å²) in [5.74, 6) is 0.0665. The summed E-state index contributed by atoms with van der Waals surface area (Å²) >= 11 is 0. The van der Waals surface area contributed by atoms with Crippen LogP contribution in [0, 0.1) is 0 Å². The molecule has 3 N–H and O–H groups in total. The second-order valence-electron chi connectivity index (χ2n) is 4.83. The van der Waals surface area contributed by atoms with Crippen molar-refractivity contribution in [3.05, 3.63) is 17.8 Å². The molecule has 0 aromatic carbocycles. The van der Waals surface area contributed by atoms with Crippen LogP contribution in [-0.2, 0) is 9.47 Å². The van der Waals surface area contributed by atoms with Crippen LogP contribution in [0.25, 0.3) is 0 Å². The molecule has 1 aromatic rings. The van der Waals surface area contributed by atoms with Crippen molar-refractivity contribution in [3.8, 4) is 0 Å². The standard InChI is InChI=1S/C13H19N3O3/c1-3-19-12(17)9-4-6-15-11(10(9)14)16-13(2)5-7-18-8-13/h4,6H,3,5,7-8,14H2,1-2H3,(H,15,16). The molecule has 1 aliphatic heterocycles. The van der Waals surface area contributed by atoms with E-state index in [4.69, 9.17) is 15.2 Å². The first-order chi connectivity index (χ1) is 9.06. The van der Waals surface area contributed by atoms with Gasteiger partial charge in [-0.05, 0) is 26.3 Å². The number of pyridine rings is 1. The summed E-state index contributed by atoms with van der Waals surface area (Å²) in [5, 5.41) is 3.25. The Hall–Kier alpha value is -1.82. The van der Waals surface area contributed by atoms with Gasteiger partial charge in [0.1, 0.15) is 0 Å². The Morgan fingerprint density at radius 2 is 2.47 bits per heavy atom. The first-order valence-corrected chi connectivity index (χ1v) is 6.33. The van der Waals surface area contributed by atoms with Crippen LogP contribution >= 0.6 is 0 Å². The van der Waals surface area contributed by atoms with Crippen LogP contribution in [0.2, 0.25) is 0 Å². The zero-order valence-electron chi connectivity index (χ0n) is 11.2. The van der Waals surface area contributed by atoms with Crippen molar-refractivity contribution in [2.24, 2.45) is 0 Å². The summed E-state index contributed by atoms with van der Waals surface area (Å²) in [6.45, 7) is 5.41. The van der Waals surface area contributed by atoms with Gasteiger partial charge in [-0.2, -0.15) is 0 Å². The lowest BCUT2D eigenvalue weighted by Gasteiger charge is -2.25. The number of rotatable bonds is 4. The van der Waals surface area contributed by atoms with E-state index >= 15 is 0 Å². The largest absolute Gasteiger partial charge is 0.462 e. The number of nitrogens with zero attached hydrogens (tertiary/aromatic N) is 1. The van der Waals surface area contributed by atoms with Crippen LogP contribution in [0.3, 0.4) is 0 Å². The molecule has 104 valence electrons. The molecule has 1 saturated heterocycles. The summed E-state index contributed by atoms with van der Waals surface area (Å²) in [4.78, 5) is 15.9. The minimum Gasteiger partial charge on any atom is -0.462 e. The molecule has 2 rings (SSSR count). The van der Waals surface area contributed by atoms with Gasteiger partial charge in [0.2, 0.25) is 0 Å². The Bertz CT molecular complexity index is 470. The lowest BCUT2D eigenvalue weighted by atomic mass is 10.0. The molecule has 0 saturated carbocycles. The highest BCUT2D eigenvalue weighted by molar-refractivity contribution is 5.97. The van der Waals surface area contributed by atoms with Crippen LogP contribution in [0.15, 0.2) is 12.3 Å². The summed E-state index contributed by atoms with van der Waals surface area (Å²) < 4.78 is 10.3. The number of esters is 1. The van der Waals surface area contributed by atoms with E-state index in [0.29, 0.717) is 36.9 Å². The topological polar surface area (TPSA) is 86.5 Å². The molecule has 2 heterocycles. The number of nitrogens with one attached hydrogen (secondary N) is 1. The van der Waals surface area contributed by atoms with Gasteiger partial charge in [0.05, 0.1) is 30.0 Å². The number of nitrogens with two attached hydrogens (primary N) is 1. The van der Waals surface area contributed by atoms with Crippen LogP contribution < -0.4 is 11.1 Å². The molecule has 0 aliphatic carbocycles. The van der Waals surface area contributed by atoms with Crippen LogP contribution in [0.1, 0.15) is 30.6 Å². The third-order valence-corrected chi connectivity index (χ3v) is 3.12. The molecule has 1 atom stereocenters. The van der Waals surface area contributed by atoms with Crippen LogP contribution in [0.5, 0.6) is 0 Å². The molecule has 0 spiro atoms. The van der Waals surface area contributed by atoms with Crippen molar-refractivity contribution in [2.75, 3.05) is 30.9 Å². The van der Waals surface area contributed by atoms with Crippen molar-refractivity contribution in [1.82, 2.24) is 4.98 Å². The number of ether oxygens (including phenoxy) is 2. The highest BCUT2D eigenvalue weighted by Gasteiger charge is 2.31. The lowest BCUT2D eigenvalue weighted by molar-refractivity contribution is 0.0527. The normalized spacial score (nSPS) is 22.2. The second-order valence-corrected chi connectivity index (χ2v) is 4.83. The SMILES string of the molecule is CCOC(=O)c1ccnc(NC2(C)CCOC2)c1N. The molecular formula is C13H19N3O3. The molecule has 6 nitrogen and oxygen atoms in total. The second kappa shape index (κ2) is 5.44. The Morgan fingerprint density at radius 1 is 1.68 bits per heavy atom. The van der Waals surface area contributed by atoms with Gasteiger partial charge < -0.3 is 20.5 Å². The molecule has 19 heavy (non-hydrogen) atoms. The first-order valence-electron chi connectivity index (χ1n) is 6.33. The van der Waals surface area contributed by atoms with Crippen molar-refractivity contribution in [2.45, 2.75) is 25.8 Å². The molecule has 1 aliphatic rings. The molecule has 6 heteroatoms. The number of nitrogen functional groups attached to an aromatic ring is 1. The minimum atomic E-state index is -0.432. The number of hydrogen-bond donors (Lipinski definition) is 2. The summed E-state index contributed by atoms with van der Waals surface area (Å²) in [6, 6.07) is 1.56. The van der Waals surface area contributed by atoms with E-state index in [1.165, 1.54) is 0 Å². The molecule has 1 unspecified atom stereocenters. The lowest BCUT2D eigenvalue weighted by Crippen LogP contribution is -2.35. The van der Waals surface area contributed by atoms with Gasteiger partial charge in [0.25, 0.3) is 0 Å². The van der Waals surface area contributed by atoms with Crippen molar-refractivity contribution in [3.63, 3.8) is 0 Å². The monoisotopic (exact) mass is 265 g/mol. The zero-order chi connectivity index (χ0) is 13.9. The van der Waals surface area contributed by atoms with Gasteiger partial charge in [0, 0.05) is 12.8 Å². The molecular weight excluding hydrogens is 246 g/mol. The van der Waals surface area contributed by atoms with E-state index in [1.807, 2.05) is 6.92 Å². The fourth-order valence-corrected chi connectivity index (χ4v) is 2.01. The molecule has 1 fully saturated rings. The Morgan fingerprint density at radius 3 is 3.11 bits per heavy atom. The van der Waals surface area contributed by atoms with Gasteiger partial charge in [-0.3, -0.25) is 0 Å². The molecule has 0 amide bonds. The van der Waals surface area contributed by atoms with Crippen molar-refractivity contribution < 1.29 is 14.3 Å². The summed E-state index contributed by atoms with van der Waals surface area (Å²) in [7, 11) is 0. The Balaban J connectivity index is 2.22. The molecule has 1 aromatic heterocycles. The molecule has 0 bridgehead atoms. The van der Waals surface area contributed by atoms with Crippen molar-refractivity contribution in [1.29, 1.82) is 0 Å². The van der Waals surface area contributed by atoms with E-state index in [0.717, 1.165) is 6.42 Å². The van der Waals surface area contributed by atoms with Gasteiger partial charge in [-0.15, -0.1) is 0 Å². The third-order valence-electron chi connectivity index (χ3n) is 3.12. The van der Waals surface area contributed by atoms with E-state index in [9.17, 15) is 4.79 Å². The van der Waals surface area contributed by atoms with Crippen LogP contribution in [-0.4, -0.2) is 36.3 Å². The van der Waals surface area contributed by atoms with E-state index in [1.54, 1.807) is 19.2 Å². The van der Waals surface area contributed by atoms with E-state index in [2.05, 4.69) is 10.3 Å². The summed E-state index contributed by atoms with van der Waals surface area (Å²) in [6.07, 6.45) is 2.42. The fourth-order valence-electron chi connectivity index (χ4n) is 2.01. The smallest absolute Gasteiger partial charge is 0.340 e. The number of anilines is 2. The zero-order valence-corrected chi connectivity index (χ0v) is 11.2. The number of hydrogen-bond acceptors (Lipinski definition) is 6. The van der Waals surface area contributed by atoms with Crippen molar-refractivity contribution >= 4 is 17.5 Å². The summed E-state index contributed by atoms with van der Waals surface area (Å²) in [5.41, 5.74) is 6.43. The average molecular weight is 265 g/mol. The van der Waals surface area contributed by atoms with E-state index < -0.39 is 5.97 Å². The van der Waals surface area contributed by atoms with Gasteiger partial charge in [-0.25, -0.2) is 9.78 Å². The average Bonchev–Trinajstić information content (AvgIpc) is 2.79. The van der Waals surface area contributed by atoms with Crippen LogP contribution in [0.4, 0.5) is 11.5 Å². The highest BCUT2D eigenvalue weighted by Crippen LogP contribution is 2.27. The number of carbonyl (C=O) groups is 1. The maximum atomic E-state index is 11.8. The number of carbonyl (C=O) groups excluding carboxylic acids is 1. The highest BCUT2D eigenvalue weighted by atomic mass is 16.5. The Kier molecular flexibility index (Phi) is 3.90.